The zero-order valence-electron chi connectivity index (χ0n) is 12.5. The van der Waals surface area contributed by atoms with E-state index in [1.54, 1.807) is 4.90 Å². The van der Waals surface area contributed by atoms with Gasteiger partial charge >= 0.3 is 0 Å². The number of rotatable bonds is 4. The summed E-state index contributed by atoms with van der Waals surface area (Å²) < 4.78 is 5.52. The highest BCUT2D eigenvalue weighted by molar-refractivity contribution is 5.77. The summed E-state index contributed by atoms with van der Waals surface area (Å²) in [5.74, 6) is 0.637. The summed E-state index contributed by atoms with van der Waals surface area (Å²) in [6.45, 7) is 3.62. The molecule has 1 aromatic carbocycles. The molecule has 1 atom stereocenters. The van der Waals surface area contributed by atoms with Crippen molar-refractivity contribution in [3.63, 3.8) is 0 Å². The molecule has 0 saturated carbocycles. The molecule has 0 spiro atoms. The maximum atomic E-state index is 12.2. The van der Waals surface area contributed by atoms with Crippen molar-refractivity contribution in [2.45, 2.75) is 38.3 Å². The van der Waals surface area contributed by atoms with Gasteiger partial charge in [-0.3, -0.25) is 4.79 Å². The van der Waals surface area contributed by atoms with Gasteiger partial charge in [-0.2, -0.15) is 0 Å². The highest BCUT2D eigenvalue weighted by Crippen LogP contribution is 2.21. The van der Waals surface area contributed by atoms with Crippen molar-refractivity contribution < 1.29 is 14.6 Å². The van der Waals surface area contributed by atoms with Crippen LogP contribution in [0.5, 0.6) is 5.75 Å². The van der Waals surface area contributed by atoms with Crippen LogP contribution in [0.2, 0.25) is 0 Å². The number of carbonyl (C=O) groups is 1. The molecular formula is C16H24N2O3. The van der Waals surface area contributed by atoms with E-state index in [2.05, 4.69) is 0 Å². The highest BCUT2D eigenvalue weighted by atomic mass is 16.5. The topological polar surface area (TPSA) is 75.8 Å². The second-order valence-corrected chi connectivity index (χ2v) is 5.87. The van der Waals surface area contributed by atoms with E-state index in [1.165, 1.54) is 0 Å². The Hall–Kier alpha value is -1.59. The molecule has 0 radical (unpaired) electrons. The lowest BCUT2D eigenvalue weighted by atomic mass is 9.98. The van der Waals surface area contributed by atoms with Crippen LogP contribution in [0.4, 0.5) is 0 Å². The summed E-state index contributed by atoms with van der Waals surface area (Å²) >= 11 is 0. The van der Waals surface area contributed by atoms with Gasteiger partial charge in [0.05, 0.1) is 5.60 Å². The second kappa shape index (κ2) is 6.91. The molecule has 21 heavy (non-hydrogen) atoms. The van der Waals surface area contributed by atoms with Crippen molar-refractivity contribution in [1.29, 1.82) is 0 Å². The van der Waals surface area contributed by atoms with Crippen molar-refractivity contribution in [2.24, 2.45) is 5.73 Å². The van der Waals surface area contributed by atoms with E-state index < -0.39 is 5.60 Å². The minimum Gasteiger partial charge on any atom is -0.484 e. The molecule has 1 aromatic rings. The first-order valence-corrected chi connectivity index (χ1v) is 7.42. The van der Waals surface area contributed by atoms with E-state index in [4.69, 9.17) is 10.5 Å². The van der Waals surface area contributed by atoms with Crippen molar-refractivity contribution in [1.82, 2.24) is 4.90 Å². The van der Waals surface area contributed by atoms with Crippen molar-refractivity contribution in [2.75, 3.05) is 19.7 Å². The Labute approximate surface area is 125 Å². The van der Waals surface area contributed by atoms with Gasteiger partial charge in [0.2, 0.25) is 0 Å². The largest absolute Gasteiger partial charge is 0.484 e. The smallest absolute Gasteiger partial charge is 0.260 e. The average Bonchev–Trinajstić information content (AvgIpc) is 2.66. The molecule has 0 aromatic heterocycles. The fourth-order valence-electron chi connectivity index (χ4n) is 2.47. The normalized spacial score (nSPS) is 22.7. The molecule has 0 bridgehead atoms. The van der Waals surface area contributed by atoms with Crippen LogP contribution in [0.25, 0.3) is 0 Å². The standard InChI is InChI=1S/C16H24N2O3/c1-16(20)7-2-9-18(10-8-16)15(19)12-21-14-5-3-13(11-17)4-6-14/h3-6,20H,2,7-12,17H2,1H3. The third-order valence-electron chi connectivity index (χ3n) is 3.94. The van der Waals surface area contributed by atoms with Gasteiger partial charge in [-0.1, -0.05) is 12.1 Å². The average molecular weight is 292 g/mol. The molecule has 1 aliphatic heterocycles. The Morgan fingerprint density at radius 2 is 2.05 bits per heavy atom. The van der Waals surface area contributed by atoms with Gasteiger partial charge in [-0.25, -0.2) is 0 Å². The summed E-state index contributed by atoms with van der Waals surface area (Å²) in [6, 6.07) is 7.43. The monoisotopic (exact) mass is 292 g/mol. The number of hydrogen-bond donors (Lipinski definition) is 2. The van der Waals surface area contributed by atoms with E-state index in [9.17, 15) is 9.90 Å². The molecule has 1 heterocycles. The molecule has 0 aliphatic carbocycles. The Bertz CT molecular complexity index is 471. The minimum absolute atomic E-state index is 0.0319. The number of hydrogen-bond acceptors (Lipinski definition) is 4. The van der Waals surface area contributed by atoms with Gasteiger partial charge in [0.25, 0.3) is 5.91 Å². The molecule has 3 N–H and O–H groups in total. The van der Waals surface area contributed by atoms with Gasteiger partial charge in [-0.05, 0) is 43.9 Å². The number of nitrogens with zero attached hydrogens (tertiary/aromatic N) is 1. The molecule has 2 rings (SSSR count). The summed E-state index contributed by atoms with van der Waals surface area (Å²) in [6.07, 6.45) is 2.17. The number of aliphatic hydroxyl groups is 1. The zero-order valence-corrected chi connectivity index (χ0v) is 12.5. The maximum Gasteiger partial charge on any atom is 0.260 e. The van der Waals surface area contributed by atoms with Crippen molar-refractivity contribution in [3.8, 4) is 5.75 Å². The van der Waals surface area contributed by atoms with Gasteiger partial charge < -0.3 is 20.5 Å². The lowest BCUT2D eigenvalue weighted by Gasteiger charge is -2.22. The predicted octanol–water partition coefficient (Wildman–Crippen LogP) is 1.29. The minimum atomic E-state index is -0.659. The molecule has 1 fully saturated rings. The zero-order chi connectivity index (χ0) is 15.3. The summed E-state index contributed by atoms with van der Waals surface area (Å²) in [7, 11) is 0. The van der Waals surface area contributed by atoms with Crippen molar-refractivity contribution in [3.05, 3.63) is 29.8 Å². The fraction of sp³-hybridized carbons (Fsp3) is 0.562. The molecule has 1 aliphatic rings. The van der Waals surface area contributed by atoms with E-state index >= 15 is 0 Å². The van der Waals surface area contributed by atoms with E-state index in [0.717, 1.165) is 18.4 Å². The molecular weight excluding hydrogens is 268 g/mol. The first-order chi connectivity index (χ1) is 10.00. The predicted molar refractivity (Wildman–Crippen MR) is 80.9 cm³/mol. The van der Waals surface area contributed by atoms with Gasteiger partial charge in [0.1, 0.15) is 5.75 Å². The van der Waals surface area contributed by atoms with Crippen LogP contribution < -0.4 is 10.5 Å². The molecule has 5 nitrogen and oxygen atoms in total. The van der Waals surface area contributed by atoms with E-state index in [-0.39, 0.29) is 12.5 Å². The first kappa shape index (κ1) is 15.8. The van der Waals surface area contributed by atoms with Gasteiger partial charge in [0, 0.05) is 19.6 Å². The molecule has 1 unspecified atom stereocenters. The van der Waals surface area contributed by atoms with Crippen LogP contribution in [0.3, 0.4) is 0 Å². The number of nitrogens with two attached hydrogens (primary N) is 1. The van der Waals surface area contributed by atoms with E-state index in [1.807, 2.05) is 31.2 Å². The summed E-state index contributed by atoms with van der Waals surface area (Å²) in [4.78, 5) is 13.9. The van der Waals surface area contributed by atoms with Gasteiger partial charge in [-0.15, -0.1) is 0 Å². The SMILES string of the molecule is CC1(O)CCCN(C(=O)COc2ccc(CN)cc2)CC1. The Kier molecular flexibility index (Phi) is 5.20. The number of likely N-dealkylation sites (tertiary alicyclic amines) is 1. The fourth-order valence-corrected chi connectivity index (χ4v) is 2.47. The highest BCUT2D eigenvalue weighted by Gasteiger charge is 2.27. The first-order valence-electron chi connectivity index (χ1n) is 7.42. The van der Waals surface area contributed by atoms with Crippen LogP contribution in [-0.2, 0) is 11.3 Å². The summed E-state index contributed by atoms with van der Waals surface area (Å²) in [5.41, 5.74) is 5.91. The number of carbonyl (C=O) groups excluding carboxylic acids is 1. The Balaban J connectivity index is 1.83. The van der Waals surface area contributed by atoms with Crippen LogP contribution in [0, 0.1) is 0 Å². The Morgan fingerprint density at radius 3 is 2.71 bits per heavy atom. The quantitative estimate of drug-likeness (QED) is 0.877. The van der Waals surface area contributed by atoms with Crippen LogP contribution in [-0.4, -0.2) is 41.2 Å². The number of ether oxygens (including phenoxy) is 1. The molecule has 116 valence electrons. The van der Waals surface area contributed by atoms with Crippen LogP contribution >= 0.6 is 0 Å². The maximum absolute atomic E-state index is 12.2. The molecule has 1 amide bonds. The number of amides is 1. The molecule has 5 heteroatoms. The van der Waals surface area contributed by atoms with Crippen molar-refractivity contribution >= 4 is 5.91 Å². The third-order valence-corrected chi connectivity index (χ3v) is 3.94. The van der Waals surface area contributed by atoms with E-state index in [0.29, 0.717) is 31.8 Å². The lowest BCUT2D eigenvalue weighted by Crippen LogP contribution is -2.36. The third kappa shape index (κ3) is 4.72. The lowest BCUT2D eigenvalue weighted by molar-refractivity contribution is -0.133. The Morgan fingerprint density at radius 1 is 1.33 bits per heavy atom. The number of benzene rings is 1. The van der Waals surface area contributed by atoms with Crippen LogP contribution in [0.1, 0.15) is 31.7 Å². The molecule has 1 saturated heterocycles. The van der Waals surface area contributed by atoms with Gasteiger partial charge in [0.15, 0.2) is 6.61 Å². The summed E-state index contributed by atoms with van der Waals surface area (Å²) in [5, 5.41) is 10.0. The van der Waals surface area contributed by atoms with Crippen LogP contribution in [0.15, 0.2) is 24.3 Å². The second-order valence-electron chi connectivity index (χ2n) is 5.87.